The van der Waals surface area contributed by atoms with Crippen LogP contribution in [0.3, 0.4) is 0 Å². The molecule has 2 amide bonds. The van der Waals surface area contributed by atoms with E-state index in [0.717, 1.165) is 29.3 Å². The van der Waals surface area contributed by atoms with Gasteiger partial charge in [-0.05, 0) is 67.3 Å². The van der Waals surface area contributed by atoms with E-state index in [1.165, 1.54) is 16.7 Å². The maximum absolute atomic E-state index is 12.8. The standard InChI is InChI=1S/C26H31BrN2O3/c1-3-32-23(30)15-20-16-26(24-21(20)9-6-10-22(24)27)11-13-29(14-12-26)25(31)28-17-19-8-5-4-7-18(19)2/h4-10,20H,3,11-17H2,1-2H3,(H,28,31). The zero-order valence-corrected chi connectivity index (χ0v) is 20.4. The van der Waals surface area contributed by atoms with E-state index in [4.69, 9.17) is 4.74 Å². The molecule has 2 aromatic rings. The number of hydrogen-bond donors (Lipinski definition) is 1. The highest BCUT2D eigenvalue weighted by molar-refractivity contribution is 9.10. The summed E-state index contributed by atoms with van der Waals surface area (Å²) < 4.78 is 6.34. The first-order valence-electron chi connectivity index (χ1n) is 11.5. The van der Waals surface area contributed by atoms with Crippen LogP contribution < -0.4 is 5.32 Å². The molecule has 2 aliphatic rings. The number of piperidine rings is 1. The van der Waals surface area contributed by atoms with Crippen LogP contribution in [-0.4, -0.2) is 36.6 Å². The predicted molar refractivity (Wildman–Crippen MR) is 129 cm³/mol. The number of urea groups is 1. The highest BCUT2D eigenvalue weighted by Gasteiger charge is 2.47. The lowest BCUT2D eigenvalue weighted by Crippen LogP contribution is -2.48. The predicted octanol–water partition coefficient (Wildman–Crippen LogP) is 5.44. The number of nitrogens with zero attached hydrogens (tertiary/aromatic N) is 1. The second-order valence-electron chi connectivity index (χ2n) is 8.97. The van der Waals surface area contributed by atoms with Crippen LogP contribution in [0.15, 0.2) is 46.9 Å². The summed E-state index contributed by atoms with van der Waals surface area (Å²) in [5.74, 6) is 0.0384. The van der Waals surface area contributed by atoms with Crippen LogP contribution in [0.1, 0.15) is 60.8 Å². The van der Waals surface area contributed by atoms with Gasteiger partial charge in [0.15, 0.2) is 0 Å². The highest BCUT2D eigenvalue weighted by Crippen LogP contribution is 2.55. The Kier molecular flexibility index (Phi) is 6.89. The van der Waals surface area contributed by atoms with Gasteiger partial charge in [0.1, 0.15) is 0 Å². The molecule has 4 rings (SSSR count). The van der Waals surface area contributed by atoms with Crippen molar-refractivity contribution in [3.63, 3.8) is 0 Å². The normalized spacial score (nSPS) is 19.0. The van der Waals surface area contributed by atoms with Gasteiger partial charge >= 0.3 is 12.0 Å². The van der Waals surface area contributed by atoms with Crippen molar-refractivity contribution in [2.45, 2.75) is 57.4 Å². The van der Waals surface area contributed by atoms with Gasteiger partial charge in [-0.25, -0.2) is 4.79 Å². The molecule has 1 saturated heterocycles. The molecule has 0 aromatic heterocycles. The average molecular weight is 499 g/mol. The number of amides is 2. The van der Waals surface area contributed by atoms with E-state index >= 15 is 0 Å². The number of benzene rings is 2. The molecule has 0 radical (unpaired) electrons. The Morgan fingerprint density at radius 3 is 2.62 bits per heavy atom. The van der Waals surface area contributed by atoms with E-state index in [-0.39, 0.29) is 23.3 Å². The summed E-state index contributed by atoms with van der Waals surface area (Å²) in [6.45, 7) is 6.30. The lowest BCUT2D eigenvalue weighted by Gasteiger charge is -2.40. The maximum Gasteiger partial charge on any atom is 0.317 e. The molecule has 170 valence electrons. The SMILES string of the molecule is CCOC(=O)CC1CC2(CCN(C(=O)NCc3ccccc3C)CC2)c2c(Br)cccc21. The molecule has 0 saturated carbocycles. The summed E-state index contributed by atoms with van der Waals surface area (Å²) in [7, 11) is 0. The van der Waals surface area contributed by atoms with Crippen molar-refractivity contribution < 1.29 is 14.3 Å². The number of ether oxygens (including phenoxy) is 1. The van der Waals surface area contributed by atoms with Crippen LogP contribution >= 0.6 is 15.9 Å². The van der Waals surface area contributed by atoms with Crippen LogP contribution in [0.4, 0.5) is 4.79 Å². The summed E-state index contributed by atoms with van der Waals surface area (Å²) in [5.41, 5.74) is 4.91. The molecule has 1 heterocycles. The van der Waals surface area contributed by atoms with E-state index in [9.17, 15) is 9.59 Å². The molecule has 1 unspecified atom stereocenters. The van der Waals surface area contributed by atoms with Gasteiger partial charge in [-0.1, -0.05) is 52.3 Å². The number of aryl methyl sites for hydroxylation is 1. The fourth-order valence-electron chi connectivity index (χ4n) is 5.41. The second-order valence-corrected chi connectivity index (χ2v) is 9.82. The van der Waals surface area contributed by atoms with Crippen LogP contribution in [0.25, 0.3) is 0 Å². The van der Waals surface area contributed by atoms with Gasteiger partial charge < -0.3 is 15.0 Å². The number of halogens is 1. The van der Waals surface area contributed by atoms with Gasteiger partial charge in [-0.15, -0.1) is 0 Å². The van der Waals surface area contributed by atoms with Crippen molar-refractivity contribution in [1.82, 2.24) is 10.2 Å². The number of carbonyl (C=O) groups is 2. The summed E-state index contributed by atoms with van der Waals surface area (Å²) in [6.07, 6.45) is 3.15. The monoisotopic (exact) mass is 498 g/mol. The second kappa shape index (κ2) is 9.65. The maximum atomic E-state index is 12.8. The molecule has 0 bridgehead atoms. The minimum atomic E-state index is -0.131. The number of esters is 1. The molecule has 1 aliphatic heterocycles. The minimum Gasteiger partial charge on any atom is -0.466 e. The Morgan fingerprint density at radius 1 is 1.16 bits per heavy atom. The molecule has 1 N–H and O–H groups in total. The Hall–Kier alpha value is -2.34. The van der Waals surface area contributed by atoms with E-state index in [1.54, 1.807) is 0 Å². The Bertz CT molecular complexity index is 998. The molecule has 1 aliphatic carbocycles. The first kappa shape index (κ1) is 22.8. The largest absolute Gasteiger partial charge is 0.466 e. The number of likely N-dealkylation sites (tertiary alicyclic amines) is 1. The average Bonchev–Trinajstić information content (AvgIpc) is 3.07. The third-order valence-corrected chi connectivity index (χ3v) is 7.73. The fourth-order valence-corrected chi connectivity index (χ4v) is 6.21. The van der Waals surface area contributed by atoms with Crippen LogP contribution in [0.2, 0.25) is 0 Å². The van der Waals surface area contributed by atoms with Crippen LogP contribution in [0, 0.1) is 6.92 Å². The van der Waals surface area contributed by atoms with E-state index in [2.05, 4.69) is 52.4 Å². The number of rotatable bonds is 5. The number of carbonyl (C=O) groups excluding carboxylic acids is 2. The lowest BCUT2D eigenvalue weighted by atomic mass is 9.73. The van der Waals surface area contributed by atoms with Gasteiger partial charge in [0, 0.05) is 29.5 Å². The number of hydrogen-bond acceptors (Lipinski definition) is 3. The van der Waals surface area contributed by atoms with E-state index in [1.807, 2.05) is 30.0 Å². The third kappa shape index (κ3) is 4.56. The van der Waals surface area contributed by atoms with Crippen molar-refractivity contribution in [2.24, 2.45) is 0 Å². The van der Waals surface area contributed by atoms with Crippen molar-refractivity contribution in [3.05, 3.63) is 69.2 Å². The van der Waals surface area contributed by atoms with E-state index in [0.29, 0.717) is 32.7 Å². The van der Waals surface area contributed by atoms with Crippen molar-refractivity contribution >= 4 is 27.9 Å². The van der Waals surface area contributed by atoms with Crippen molar-refractivity contribution in [2.75, 3.05) is 19.7 Å². The zero-order chi connectivity index (χ0) is 22.7. The van der Waals surface area contributed by atoms with Crippen LogP contribution in [-0.2, 0) is 21.5 Å². The van der Waals surface area contributed by atoms with E-state index < -0.39 is 0 Å². The topological polar surface area (TPSA) is 58.6 Å². The molecule has 6 heteroatoms. The van der Waals surface area contributed by atoms with Crippen molar-refractivity contribution in [1.29, 1.82) is 0 Å². The minimum absolute atomic E-state index is 0.000609. The first-order chi connectivity index (χ1) is 15.4. The van der Waals surface area contributed by atoms with Gasteiger partial charge in [-0.2, -0.15) is 0 Å². The molecular weight excluding hydrogens is 468 g/mol. The highest BCUT2D eigenvalue weighted by atomic mass is 79.9. The van der Waals surface area contributed by atoms with Gasteiger partial charge in [-0.3, -0.25) is 4.79 Å². The smallest absolute Gasteiger partial charge is 0.317 e. The molecule has 1 fully saturated rings. The first-order valence-corrected chi connectivity index (χ1v) is 12.2. The van der Waals surface area contributed by atoms with Gasteiger partial charge in [0.2, 0.25) is 0 Å². The number of nitrogens with one attached hydrogen (secondary N) is 1. The molecule has 2 aromatic carbocycles. The summed E-state index contributed by atoms with van der Waals surface area (Å²) in [5, 5.41) is 3.08. The molecule has 1 spiro atoms. The van der Waals surface area contributed by atoms with Gasteiger partial charge in [0.05, 0.1) is 13.0 Å². The Balaban J connectivity index is 1.43. The summed E-state index contributed by atoms with van der Waals surface area (Å²) in [6, 6.07) is 14.4. The quantitative estimate of drug-likeness (QED) is 0.558. The number of fused-ring (bicyclic) bond motifs is 2. The molecule has 32 heavy (non-hydrogen) atoms. The van der Waals surface area contributed by atoms with Gasteiger partial charge in [0.25, 0.3) is 0 Å². The third-order valence-electron chi connectivity index (χ3n) is 7.07. The summed E-state index contributed by atoms with van der Waals surface area (Å²) >= 11 is 3.77. The molecule has 1 atom stereocenters. The zero-order valence-electron chi connectivity index (χ0n) is 18.8. The fraction of sp³-hybridized carbons (Fsp3) is 0.462. The summed E-state index contributed by atoms with van der Waals surface area (Å²) in [4.78, 5) is 27.0. The van der Waals surface area contributed by atoms with Crippen molar-refractivity contribution in [3.8, 4) is 0 Å². The van der Waals surface area contributed by atoms with Crippen LogP contribution in [0.5, 0.6) is 0 Å². The molecule has 5 nitrogen and oxygen atoms in total. The molecular formula is C26H31BrN2O3. The lowest BCUT2D eigenvalue weighted by molar-refractivity contribution is -0.143. The Labute approximate surface area is 198 Å². The Morgan fingerprint density at radius 2 is 1.91 bits per heavy atom.